The van der Waals surface area contributed by atoms with Crippen LogP contribution in [0.5, 0.6) is 0 Å². The molecule has 6 heteroatoms. The number of anilines is 2. The van der Waals surface area contributed by atoms with Crippen LogP contribution in [0.15, 0.2) is 78.6 Å². The van der Waals surface area contributed by atoms with Gasteiger partial charge in [0, 0.05) is 22.5 Å². The SMILES string of the molecule is Nc1ccc(C(=C2SC=CS2)C(=C2SC=CS2)c2ccc(N)cc2)cc1. The second-order valence-corrected chi connectivity index (χ2v) is 9.77. The van der Waals surface area contributed by atoms with Crippen LogP contribution in [0.4, 0.5) is 11.4 Å². The molecule has 2 aliphatic heterocycles. The van der Waals surface area contributed by atoms with Crippen LogP contribution in [-0.4, -0.2) is 0 Å². The molecule has 2 aromatic carbocycles. The molecule has 2 nitrogen and oxygen atoms in total. The van der Waals surface area contributed by atoms with Crippen molar-refractivity contribution in [2.24, 2.45) is 0 Å². The average Bonchev–Trinajstić information content (AvgIpc) is 3.36. The van der Waals surface area contributed by atoms with Gasteiger partial charge in [0.15, 0.2) is 0 Å². The second kappa shape index (κ2) is 7.96. The van der Waals surface area contributed by atoms with Crippen molar-refractivity contribution in [3.63, 3.8) is 0 Å². The highest BCUT2D eigenvalue weighted by Crippen LogP contribution is 2.53. The first-order chi connectivity index (χ1) is 12.7. The topological polar surface area (TPSA) is 52.0 Å². The summed E-state index contributed by atoms with van der Waals surface area (Å²) in [7, 11) is 0. The molecule has 0 fully saturated rings. The van der Waals surface area contributed by atoms with Crippen LogP contribution in [-0.2, 0) is 0 Å². The first-order valence-electron chi connectivity index (χ1n) is 7.90. The van der Waals surface area contributed by atoms with Gasteiger partial charge in [0.2, 0.25) is 0 Å². The van der Waals surface area contributed by atoms with Gasteiger partial charge in [-0.25, -0.2) is 0 Å². The predicted octanol–water partition coefficient (Wildman–Crippen LogP) is 6.79. The first-order valence-corrected chi connectivity index (χ1v) is 11.4. The summed E-state index contributed by atoms with van der Waals surface area (Å²) in [4.78, 5) is 0. The van der Waals surface area contributed by atoms with Crippen molar-refractivity contribution in [2.75, 3.05) is 11.5 Å². The van der Waals surface area contributed by atoms with Crippen molar-refractivity contribution in [3.05, 3.63) is 89.8 Å². The molecule has 130 valence electrons. The molecule has 0 spiro atoms. The molecule has 0 bridgehead atoms. The maximum absolute atomic E-state index is 5.92. The quantitative estimate of drug-likeness (QED) is 0.541. The number of rotatable bonds is 3. The van der Waals surface area contributed by atoms with Crippen molar-refractivity contribution in [3.8, 4) is 0 Å². The lowest BCUT2D eigenvalue weighted by molar-refractivity contribution is 1.58. The Kier molecular flexibility index (Phi) is 5.45. The summed E-state index contributed by atoms with van der Waals surface area (Å²) in [6, 6.07) is 16.3. The van der Waals surface area contributed by atoms with E-state index in [1.807, 2.05) is 24.3 Å². The second-order valence-electron chi connectivity index (χ2n) is 5.58. The standard InChI is InChI=1S/C20H16N2S4/c21-15-5-1-13(2-6-15)17(19-23-9-10-24-19)18(20-25-11-12-26-20)14-3-7-16(22)8-4-14/h1-12H,21-22H2. The van der Waals surface area contributed by atoms with Crippen molar-refractivity contribution in [1.82, 2.24) is 0 Å². The monoisotopic (exact) mass is 412 g/mol. The van der Waals surface area contributed by atoms with E-state index in [-0.39, 0.29) is 0 Å². The van der Waals surface area contributed by atoms with Crippen LogP contribution in [0, 0.1) is 0 Å². The van der Waals surface area contributed by atoms with Gasteiger partial charge in [-0.15, -0.1) is 0 Å². The van der Waals surface area contributed by atoms with E-state index >= 15 is 0 Å². The number of hydrogen-bond donors (Lipinski definition) is 2. The molecular formula is C20H16N2S4. The van der Waals surface area contributed by atoms with E-state index in [0.717, 1.165) is 11.4 Å². The Morgan fingerprint density at radius 3 is 1.12 bits per heavy atom. The summed E-state index contributed by atoms with van der Waals surface area (Å²) in [6.07, 6.45) is 0. The molecular weight excluding hydrogens is 397 g/mol. The minimum atomic E-state index is 0.774. The highest BCUT2D eigenvalue weighted by atomic mass is 32.2. The van der Waals surface area contributed by atoms with E-state index in [4.69, 9.17) is 11.5 Å². The normalized spacial score (nSPS) is 15.7. The maximum atomic E-state index is 5.92. The fourth-order valence-electron chi connectivity index (χ4n) is 2.68. The molecule has 0 saturated heterocycles. The molecule has 0 aromatic heterocycles. The third-order valence-corrected chi connectivity index (χ3v) is 8.13. The van der Waals surface area contributed by atoms with Crippen molar-refractivity contribution < 1.29 is 0 Å². The Morgan fingerprint density at radius 2 is 0.808 bits per heavy atom. The van der Waals surface area contributed by atoms with Crippen molar-refractivity contribution in [2.45, 2.75) is 0 Å². The van der Waals surface area contributed by atoms with E-state index in [2.05, 4.69) is 45.9 Å². The molecule has 2 heterocycles. The Hall–Kier alpha value is -1.60. The Bertz CT molecular complexity index is 839. The summed E-state index contributed by atoms with van der Waals surface area (Å²) >= 11 is 7.07. The minimum absolute atomic E-state index is 0.774. The predicted molar refractivity (Wildman–Crippen MR) is 124 cm³/mol. The van der Waals surface area contributed by atoms with Crippen LogP contribution in [0.1, 0.15) is 11.1 Å². The van der Waals surface area contributed by atoms with Crippen LogP contribution in [0.2, 0.25) is 0 Å². The highest BCUT2D eigenvalue weighted by Gasteiger charge is 2.23. The largest absolute Gasteiger partial charge is 0.399 e. The van der Waals surface area contributed by atoms with E-state index in [1.165, 1.54) is 30.7 Å². The summed E-state index contributed by atoms with van der Waals surface area (Å²) in [5.74, 6) is 0. The van der Waals surface area contributed by atoms with Crippen molar-refractivity contribution >= 4 is 69.6 Å². The lowest BCUT2D eigenvalue weighted by atomic mass is 9.94. The molecule has 2 aliphatic rings. The number of nitrogens with two attached hydrogens (primary N) is 2. The van der Waals surface area contributed by atoms with E-state index in [1.54, 1.807) is 47.0 Å². The van der Waals surface area contributed by atoms with Gasteiger partial charge < -0.3 is 11.5 Å². The fourth-order valence-corrected chi connectivity index (χ4v) is 6.52. The van der Waals surface area contributed by atoms with Gasteiger partial charge in [-0.05, 0) is 57.0 Å². The van der Waals surface area contributed by atoms with Gasteiger partial charge >= 0.3 is 0 Å². The number of thioether (sulfide) groups is 4. The molecule has 0 radical (unpaired) electrons. The fraction of sp³-hybridized carbons (Fsp3) is 0. The summed E-state index contributed by atoms with van der Waals surface area (Å²) < 4.78 is 2.56. The van der Waals surface area contributed by atoms with Gasteiger partial charge in [-0.3, -0.25) is 0 Å². The van der Waals surface area contributed by atoms with Gasteiger partial charge in [0.05, 0.1) is 8.47 Å². The lowest BCUT2D eigenvalue weighted by Crippen LogP contribution is -1.96. The Balaban J connectivity index is 1.93. The zero-order valence-corrected chi connectivity index (χ0v) is 17.0. The van der Waals surface area contributed by atoms with Crippen LogP contribution in [0.3, 0.4) is 0 Å². The lowest BCUT2D eigenvalue weighted by Gasteiger charge is -2.18. The summed E-state index contributed by atoms with van der Waals surface area (Å²) in [6.45, 7) is 0. The molecule has 2 aromatic rings. The molecule has 4 N–H and O–H groups in total. The number of nitrogen functional groups attached to an aromatic ring is 2. The van der Waals surface area contributed by atoms with E-state index < -0.39 is 0 Å². The Labute approximate surface area is 170 Å². The minimum Gasteiger partial charge on any atom is -0.399 e. The van der Waals surface area contributed by atoms with Crippen molar-refractivity contribution in [1.29, 1.82) is 0 Å². The van der Waals surface area contributed by atoms with E-state index in [0.29, 0.717) is 0 Å². The molecule has 0 atom stereocenters. The van der Waals surface area contributed by atoms with Gasteiger partial charge in [0.25, 0.3) is 0 Å². The number of hydrogen-bond acceptors (Lipinski definition) is 6. The summed E-state index contributed by atoms with van der Waals surface area (Å²) in [5, 5.41) is 8.54. The third-order valence-electron chi connectivity index (χ3n) is 3.87. The molecule has 0 aliphatic carbocycles. The maximum Gasteiger partial charge on any atom is 0.0572 e. The zero-order valence-electron chi connectivity index (χ0n) is 13.7. The Morgan fingerprint density at radius 1 is 0.500 bits per heavy atom. The molecule has 26 heavy (non-hydrogen) atoms. The van der Waals surface area contributed by atoms with Crippen LogP contribution in [0.25, 0.3) is 11.1 Å². The van der Waals surface area contributed by atoms with Gasteiger partial charge in [-0.1, -0.05) is 71.3 Å². The van der Waals surface area contributed by atoms with E-state index in [9.17, 15) is 0 Å². The van der Waals surface area contributed by atoms with Crippen LogP contribution >= 0.6 is 47.0 Å². The molecule has 0 amide bonds. The highest BCUT2D eigenvalue weighted by molar-refractivity contribution is 8.28. The van der Waals surface area contributed by atoms with Gasteiger partial charge in [-0.2, -0.15) is 0 Å². The zero-order chi connectivity index (χ0) is 17.9. The average molecular weight is 413 g/mol. The number of allylic oxidation sites excluding steroid dienone is 2. The molecule has 0 saturated carbocycles. The smallest absolute Gasteiger partial charge is 0.0572 e. The summed E-state index contributed by atoms with van der Waals surface area (Å²) in [5.41, 5.74) is 18.2. The first kappa shape index (κ1) is 17.8. The molecule has 4 rings (SSSR count). The number of benzene rings is 2. The third kappa shape index (κ3) is 3.74. The van der Waals surface area contributed by atoms with Crippen LogP contribution < -0.4 is 11.5 Å². The molecule has 0 unspecified atom stereocenters. The van der Waals surface area contributed by atoms with Gasteiger partial charge in [0.1, 0.15) is 0 Å².